The van der Waals surface area contributed by atoms with Crippen LogP contribution in [0.1, 0.15) is 38.0 Å². The number of amides is 3. The number of hydrogen-bond donors (Lipinski definition) is 1. The fourth-order valence-corrected chi connectivity index (χ4v) is 4.08. The average molecular weight is 482 g/mol. The second kappa shape index (κ2) is 9.50. The maximum Gasteiger partial charge on any atom is 0.340 e. The van der Waals surface area contributed by atoms with E-state index in [0.717, 1.165) is 11.8 Å². The van der Waals surface area contributed by atoms with Gasteiger partial charge in [0.1, 0.15) is 11.6 Å². The molecule has 0 aromatic heterocycles. The molecule has 0 spiro atoms. The number of morpholine rings is 1. The molecule has 1 saturated heterocycles. The molecule has 2 heterocycles. The second-order valence-corrected chi connectivity index (χ2v) is 7.92. The number of nitro benzene ring substituents is 1. The molecule has 1 unspecified atom stereocenters. The van der Waals surface area contributed by atoms with Gasteiger partial charge in [-0.1, -0.05) is 6.07 Å². The maximum atomic E-state index is 13.0. The molecule has 1 N–H and O–H groups in total. The lowest BCUT2D eigenvalue weighted by atomic mass is 10.1. The molecular weight excluding hydrogens is 460 g/mol. The molecule has 0 radical (unpaired) electrons. The predicted molar refractivity (Wildman–Crippen MR) is 123 cm³/mol. The summed E-state index contributed by atoms with van der Waals surface area (Å²) in [6, 6.07) is 7.26. The monoisotopic (exact) mass is 482 g/mol. The number of hydrogen-bond acceptors (Lipinski definition) is 9. The van der Waals surface area contributed by atoms with Crippen LogP contribution in [0.25, 0.3) is 0 Å². The van der Waals surface area contributed by atoms with Crippen LogP contribution >= 0.6 is 0 Å². The standard InChI is InChI=1S/C23H22N4O8/c1-13(26-21(29)15-4-3-5-18(27(32)33)19(15)22(26)30)20(28)24-17-7-6-14(12-16(17)23(31)34-2)25-8-10-35-11-9-25/h3-7,12-13H,8-11H2,1-2H3,(H,24,28). The molecule has 2 aromatic rings. The minimum atomic E-state index is -1.31. The number of carbonyl (C=O) groups excluding carboxylic acids is 4. The molecule has 1 fully saturated rings. The Bertz CT molecular complexity index is 1240. The van der Waals surface area contributed by atoms with Crippen LogP contribution in [0.4, 0.5) is 17.1 Å². The highest BCUT2D eigenvalue weighted by Gasteiger charge is 2.45. The zero-order valence-electron chi connectivity index (χ0n) is 19.0. The molecule has 0 saturated carbocycles. The minimum Gasteiger partial charge on any atom is -0.465 e. The first-order valence-electron chi connectivity index (χ1n) is 10.8. The van der Waals surface area contributed by atoms with Crippen molar-refractivity contribution >= 4 is 40.8 Å². The van der Waals surface area contributed by atoms with Crippen molar-refractivity contribution in [1.82, 2.24) is 4.90 Å². The van der Waals surface area contributed by atoms with E-state index in [0.29, 0.717) is 31.2 Å². The number of fused-ring (bicyclic) bond motifs is 1. The molecule has 12 nitrogen and oxygen atoms in total. The van der Waals surface area contributed by atoms with E-state index >= 15 is 0 Å². The van der Waals surface area contributed by atoms with Crippen LogP contribution in [0.15, 0.2) is 36.4 Å². The van der Waals surface area contributed by atoms with E-state index in [1.165, 1.54) is 32.2 Å². The highest BCUT2D eigenvalue weighted by Crippen LogP contribution is 2.32. The van der Waals surface area contributed by atoms with E-state index in [1.54, 1.807) is 12.1 Å². The number of ether oxygens (including phenoxy) is 2. The van der Waals surface area contributed by atoms with Crippen molar-refractivity contribution in [2.75, 3.05) is 43.6 Å². The number of benzene rings is 2. The lowest BCUT2D eigenvalue weighted by Crippen LogP contribution is -2.45. The number of carbonyl (C=O) groups is 4. The number of nitrogens with zero attached hydrogens (tertiary/aromatic N) is 3. The number of imide groups is 1. The van der Waals surface area contributed by atoms with Crippen molar-refractivity contribution in [2.45, 2.75) is 13.0 Å². The second-order valence-electron chi connectivity index (χ2n) is 7.92. The Hall–Kier alpha value is -4.32. The molecule has 182 valence electrons. The van der Waals surface area contributed by atoms with Gasteiger partial charge in [-0.25, -0.2) is 4.79 Å². The molecule has 2 aromatic carbocycles. The maximum absolute atomic E-state index is 13.0. The Kier molecular flexibility index (Phi) is 6.47. The van der Waals surface area contributed by atoms with Gasteiger partial charge in [0.2, 0.25) is 5.91 Å². The van der Waals surface area contributed by atoms with Crippen LogP contribution in [-0.2, 0) is 14.3 Å². The Morgan fingerprint density at radius 1 is 1.14 bits per heavy atom. The fraction of sp³-hybridized carbons (Fsp3) is 0.304. The van der Waals surface area contributed by atoms with E-state index in [4.69, 9.17) is 9.47 Å². The zero-order chi connectivity index (χ0) is 25.3. The van der Waals surface area contributed by atoms with Crippen molar-refractivity contribution in [3.63, 3.8) is 0 Å². The van der Waals surface area contributed by atoms with Gasteiger partial charge in [-0.3, -0.25) is 29.4 Å². The molecular formula is C23H22N4O8. The average Bonchev–Trinajstić information content (AvgIpc) is 3.13. The van der Waals surface area contributed by atoms with Crippen molar-refractivity contribution < 1.29 is 33.6 Å². The molecule has 0 bridgehead atoms. The Labute approximate surface area is 199 Å². The van der Waals surface area contributed by atoms with Gasteiger partial charge in [-0.2, -0.15) is 0 Å². The molecule has 2 aliphatic heterocycles. The Balaban J connectivity index is 1.59. The highest BCUT2D eigenvalue weighted by atomic mass is 16.6. The van der Waals surface area contributed by atoms with Crippen molar-refractivity contribution in [1.29, 1.82) is 0 Å². The number of nitro groups is 1. The molecule has 35 heavy (non-hydrogen) atoms. The van der Waals surface area contributed by atoms with Crippen molar-refractivity contribution in [3.05, 3.63) is 63.2 Å². The Morgan fingerprint density at radius 3 is 2.51 bits per heavy atom. The van der Waals surface area contributed by atoms with Gasteiger partial charge in [0.05, 0.1) is 42.1 Å². The normalized spacial score (nSPS) is 16.1. The van der Waals surface area contributed by atoms with E-state index < -0.39 is 40.3 Å². The summed E-state index contributed by atoms with van der Waals surface area (Å²) < 4.78 is 10.2. The quantitative estimate of drug-likeness (QED) is 0.282. The van der Waals surface area contributed by atoms with Crippen LogP contribution in [0.2, 0.25) is 0 Å². The predicted octanol–water partition coefficient (Wildman–Crippen LogP) is 1.84. The summed E-state index contributed by atoms with van der Waals surface area (Å²) >= 11 is 0. The van der Waals surface area contributed by atoms with Crippen molar-refractivity contribution in [2.24, 2.45) is 0 Å². The third kappa shape index (κ3) is 4.30. The summed E-state index contributed by atoms with van der Waals surface area (Å²) in [6.07, 6.45) is 0. The number of rotatable bonds is 6. The number of esters is 1. The summed E-state index contributed by atoms with van der Waals surface area (Å²) in [5, 5.41) is 13.9. The summed E-state index contributed by atoms with van der Waals surface area (Å²) in [4.78, 5) is 64.5. The van der Waals surface area contributed by atoms with E-state index in [9.17, 15) is 29.3 Å². The van der Waals surface area contributed by atoms with Gasteiger partial charge in [-0.15, -0.1) is 0 Å². The Morgan fingerprint density at radius 2 is 1.86 bits per heavy atom. The summed E-state index contributed by atoms with van der Waals surface area (Å²) in [6.45, 7) is 3.68. The lowest BCUT2D eigenvalue weighted by molar-refractivity contribution is -0.385. The van der Waals surface area contributed by atoms with Crippen LogP contribution in [-0.4, -0.2) is 73.0 Å². The summed E-state index contributed by atoms with van der Waals surface area (Å²) in [5.74, 6) is -3.19. The third-order valence-electron chi connectivity index (χ3n) is 5.93. The van der Waals surface area contributed by atoms with Gasteiger partial charge in [0, 0.05) is 24.8 Å². The first-order valence-corrected chi connectivity index (χ1v) is 10.8. The minimum absolute atomic E-state index is 0.0926. The topological polar surface area (TPSA) is 148 Å². The molecule has 3 amide bonds. The van der Waals surface area contributed by atoms with Gasteiger partial charge in [0.25, 0.3) is 17.5 Å². The summed E-state index contributed by atoms with van der Waals surface area (Å²) in [5.41, 5.74) is -0.0420. The largest absolute Gasteiger partial charge is 0.465 e. The molecule has 12 heteroatoms. The van der Waals surface area contributed by atoms with E-state index in [1.807, 2.05) is 4.90 Å². The van der Waals surface area contributed by atoms with Gasteiger partial charge in [0.15, 0.2) is 0 Å². The number of methoxy groups -OCH3 is 1. The van der Waals surface area contributed by atoms with Gasteiger partial charge < -0.3 is 19.7 Å². The molecule has 2 aliphatic rings. The van der Waals surface area contributed by atoms with Crippen LogP contribution in [0.3, 0.4) is 0 Å². The molecule has 4 rings (SSSR count). The lowest BCUT2D eigenvalue weighted by Gasteiger charge is -2.29. The smallest absolute Gasteiger partial charge is 0.340 e. The third-order valence-corrected chi connectivity index (χ3v) is 5.93. The van der Waals surface area contributed by atoms with Crippen LogP contribution in [0, 0.1) is 10.1 Å². The first kappa shape index (κ1) is 23.8. The van der Waals surface area contributed by atoms with Crippen molar-refractivity contribution in [3.8, 4) is 0 Å². The SMILES string of the molecule is COC(=O)c1cc(N2CCOCC2)ccc1NC(=O)C(C)N1C(=O)c2cccc([N+](=O)[O-])c2C1=O. The zero-order valence-corrected chi connectivity index (χ0v) is 19.0. The first-order chi connectivity index (χ1) is 16.7. The van der Waals surface area contributed by atoms with Gasteiger partial charge in [-0.05, 0) is 31.2 Å². The summed E-state index contributed by atoms with van der Waals surface area (Å²) in [7, 11) is 1.21. The highest BCUT2D eigenvalue weighted by molar-refractivity contribution is 6.25. The number of anilines is 2. The van der Waals surface area contributed by atoms with Crippen LogP contribution in [0.5, 0.6) is 0 Å². The number of nitrogens with one attached hydrogen (secondary N) is 1. The van der Waals surface area contributed by atoms with E-state index in [2.05, 4.69) is 5.32 Å². The fourth-order valence-electron chi connectivity index (χ4n) is 4.08. The molecule has 1 atom stereocenters. The van der Waals surface area contributed by atoms with Gasteiger partial charge >= 0.3 is 5.97 Å². The van der Waals surface area contributed by atoms with Crippen LogP contribution < -0.4 is 10.2 Å². The van der Waals surface area contributed by atoms with E-state index in [-0.39, 0.29) is 22.4 Å². The molecule has 0 aliphatic carbocycles.